The molecule has 1 fully saturated rings. The van der Waals surface area contributed by atoms with Gasteiger partial charge in [-0.3, -0.25) is 4.90 Å². The van der Waals surface area contributed by atoms with Crippen LogP contribution in [0.4, 0.5) is 4.39 Å². The summed E-state index contributed by atoms with van der Waals surface area (Å²) in [6.45, 7) is 3.78. The molecule has 3 aromatic carbocycles. The van der Waals surface area contributed by atoms with Crippen molar-refractivity contribution in [3.8, 4) is 0 Å². The lowest BCUT2D eigenvalue weighted by Crippen LogP contribution is -2.32. The Kier molecular flexibility index (Phi) is 8.42. The zero-order valence-electron chi connectivity index (χ0n) is 23.5. The molecule has 7 nitrogen and oxygen atoms in total. The van der Waals surface area contributed by atoms with Crippen molar-refractivity contribution in [1.82, 2.24) is 9.47 Å². The second kappa shape index (κ2) is 12.7. The van der Waals surface area contributed by atoms with Crippen LogP contribution in [0.3, 0.4) is 0 Å². The number of aryl methyl sites for hydroxylation is 1. The number of carboxylic acid groups (broad SMARTS) is 1. The standard InChI is InChI=1S/C34H35FN2O5/c35-30-12-11-25(19-28(30)34(38)39)21-36-16-13-26(14-17-36)29-22-37(31-10-5-4-9-27(29)31)15-6-18-40-33-23-41-32(42-33)20-24-7-2-1-3-8-24/h1-5,7-12,19,22-23,26,32H,6,13-18,20-21H2,(H,38,39). The van der Waals surface area contributed by atoms with Crippen molar-refractivity contribution in [1.29, 1.82) is 0 Å². The molecule has 0 bridgehead atoms. The van der Waals surface area contributed by atoms with Gasteiger partial charge in [0.25, 0.3) is 0 Å². The SMILES string of the molecule is O=C(O)c1cc(CN2CCC(c3cn(CCCOC4=COC(Cc5ccccc5)O4)c4ccccc34)CC2)ccc1F. The van der Waals surface area contributed by atoms with Gasteiger partial charge in [-0.2, -0.15) is 0 Å². The van der Waals surface area contributed by atoms with E-state index in [-0.39, 0.29) is 11.9 Å². The number of halogens is 1. The van der Waals surface area contributed by atoms with Gasteiger partial charge in [-0.15, -0.1) is 0 Å². The molecule has 2 aliphatic rings. The van der Waals surface area contributed by atoms with E-state index in [0.717, 1.165) is 50.0 Å². The molecule has 8 heteroatoms. The van der Waals surface area contributed by atoms with Crippen molar-refractivity contribution in [2.45, 2.75) is 51.0 Å². The molecule has 1 atom stereocenters. The summed E-state index contributed by atoms with van der Waals surface area (Å²) in [4.78, 5) is 13.6. The Labute approximate surface area is 244 Å². The number of aromatic carboxylic acids is 1. The first-order valence-corrected chi connectivity index (χ1v) is 14.5. The Morgan fingerprint density at radius 2 is 1.79 bits per heavy atom. The van der Waals surface area contributed by atoms with Gasteiger partial charge < -0.3 is 23.9 Å². The van der Waals surface area contributed by atoms with E-state index in [1.165, 1.54) is 28.6 Å². The minimum atomic E-state index is -1.23. The highest BCUT2D eigenvalue weighted by Gasteiger charge is 2.25. The number of carboxylic acids is 1. The molecule has 0 radical (unpaired) electrons. The number of piperidine rings is 1. The summed E-state index contributed by atoms with van der Waals surface area (Å²) in [5.41, 5.74) is 4.31. The summed E-state index contributed by atoms with van der Waals surface area (Å²) < 4.78 is 33.4. The molecule has 4 aromatic rings. The lowest BCUT2D eigenvalue weighted by molar-refractivity contribution is -0.0700. The third-order valence-corrected chi connectivity index (χ3v) is 8.11. The summed E-state index contributed by atoms with van der Waals surface area (Å²) >= 11 is 0. The van der Waals surface area contributed by atoms with Crippen molar-refractivity contribution in [3.63, 3.8) is 0 Å². The molecule has 6 rings (SSSR count). The highest BCUT2D eigenvalue weighted by atomic mass is 19.1. The van der Waals surface area contributed by atoms with Gasteiger partial charge in [0.15, 0.2) is 6.26 Å². The molecular formula is C34H35FN2O5. The Hall–Kier alpha value is -4.30. The van der Waals surface area contributed by atoms with Crippen LogP contribution >= 0.6 is 0 Å². The smallest absolute Gasteiger partial charge is 0.338 e. The topological polar surface area (TPSA) is 73.2 Å². The van der Waals surface area contributed by atoms with E-state index in [1.807, 2.05) is 18.2 Å². The van der Waals surface area contributed by atoms with Gasteiger partial charge in [0, 0.05) is 36.6 Å². The second-order valence-corrected chi connectivity index (χ2v) is 11.0. The number of benzene rings is 3. The van der Waals surface area contributed by atoms with E-state index < -0.39 is 11.8 Å². The van der Waals surface area contributed by atoms with Gasteiger partial charge in [-0.1, -0.05) is 54.6 Å². The highest BCUT2D eigenvalue weighted by Crippen LogP contribution is 2.35. The molecular weight excluding hydrogens is 535 g/mol. The predicted octanol–water partition coefficient (Wildman–Crippen LogP) is 6.68. The van der Waals surface area contributed by atoms with E-state index in [0.29, 0.717) is 31.4 Å². The fraction of sp³-hybridized carbons (Fsp3) is 0.324. The lowest BCUT2D eigenvalue weighted by atomic mass is 9.89. The molecule has 218 valence electrons. The third kappa shape index (κ3) is 6.44. The summed E-state index contributed by atoms with van der Waals surface area (Å²) in [7, 11) is 0. The minimum absolute atomic E-state index is 0.270. The van der Waals surface area contributed by atoms with Crippen molar-refractivity contribution in [2.75, 3.05) is 19.7 Å². The molecule has 1 saturated heterocycles. The summed E-state index contributed by atoms with van der Waals surface area (Å²) in [5, 5.41) is 10.5. The summed E-state index contributed by atoms with van der Waals surface area (Å²) in [6.07, 6.45) is 7.02. The second-order valence-electron chi connectivity index (χ2n) is 11.0. The molecule has 1 aromatic heterocycles. The van der Waals surface area contributed by atoms with Crippen LogP contribution in [0.2, 0.25) is 0 Å². The largest absolute Gasteiger partial charge is 0.478 e. The van der Waals surface area contributed by atoms with E-state index in [2.05, 4.69) is 52.1 Å². The quantitative estimate of drug-likeness (QED) is 0.203. The average molecular weight is 571 g/mol. The molecule has 0 aliphatic carbocycles. The normalized spacial score (nSPS) is 17.5. The third-order valence-electron chi connectivity index (χ3n) is 8.11. The van der Waals surface area contributed by atoms with Crippen LogP contribution < -0.4 is 0 Å². The number of likely N-dealkylation sites (tertiary alicyclic amines) is 1. The summed E-state index contributed by atoms with van der Waals surface area (Å²) in [5.74, 6) is -1.05. The Balaban J connectivity index is 1.01. The van der Waals surface area contributed by atoms with Crippen LogP contribution in [0.5, 0.6) is 0 Å². The lowest BCUT2D eigenvalue weighted by Gasteiger charge is -2.32. The van der Waals surface area contributed by atoms with Gasteiger partial charge in [-0.25, -0.2) is 9.18 Å². The van der Waals surface area contributed by atoms with Gasteiger partial charge in [-0.05, 0) is 73.2 Å². The number of ether oxygens (including phenoxy) is 3. The minimum Gasteiger partial charge on any atom is -0.478 e. The molecule has 0 amide bonds. The number of carbonyl (C=O) groups is 1. The van der Waals surface area contributed by atoms with Gasteiger partial charge in [0.1, 0.15) is 5.82 Å². The Morgan fingerprint density at radius 1 is 1.00 bits per heavy atom. The average Bonchev–Trinajstić information content (AvgIpc) is 3.61. The number of fused-ring (bicyclic) bond motifs is 1. The molecule has 1 N–H and O–H groups in total. The van der Waals surface area contributed by atoms with E-state index >= 15 is 0 Å². The van der Waals surface area contributed by atoms with Gasteiger partial charge >= 0.3 is 11.9 Å². The maximum Gasteiger partial charge on any atom is 0.338 e. The first-order valence-electron chi connectivity index (χ1n) is 14.5. The first-order chi connectivity index (χ1) is 20.5. The fourth-order valence-corrected chi connectivity index (χ4v) is 5.97. The van der Waals surface area contributed by atoms with Gasteiger partial charge in [0.05, 0.1) is 12.2 Å². The maximum absolute atomic E-state index is 13.8. The van der Waals surface area contributed by atoms with Crippen molar-refractivity contribution >= 4 is 16.9 Å². The molecule has 1 unspecified atom stereocenters. The molecule has 3 heterocycles. The van der Waals surface area contributed by atoms with Crippen LogP contribution in [0.1, 0.15) is 52.2 Å². The predicted molar refractivity (Wildman–Crippen MR) is 157 cm³/mol. The van der Waals surface area contributed by atoms with E-state index in [9.17, 15) is 14.3 Å². The highest BCUT2D eigenvalue weighted by molar-refractivity contribution is 5.88. The zero-order valence-corrected chi connectivity index (χ0v) is 23.5. The fourth-order valence-electron chi connectivity index (χ4n) is 5.97. The van der Waals surface area contributed by atoms with E-state index in [1.54, 1.807) is 12.3 Å². The van der Waals surface area contributed by atoms with Crippen LogP contribution in [0.25, 0.3) is 10.9 Å². The Morgan fingerprint density at radius 3 is 2.60 bits per heavy atom. The van der Waals surface area contributed by atoms with Crippen molar-refractivity contribution < 1.29 is 28.5 Å². The van der Waals surface area contributed by atoms with Crippen LogP contribution in [0.15, 0.2) is 91.2 Å². The number of hydrogen-bond acceptors (Lipinski definition) is 5. The van der Waals surface area contributed by atoms with Crippen LogP contribution in [-0.4, -0.2) is 46.5 Å². The van der Waals surface area contributed by atoms with Crippen molar-refractivity contribution in [3.05, 3.63) is 119 Å². The maximum atomic E-state index is 13.8. The first kappa shape index (κ1) is 27.8. The van der Waals surface area contributed by atoms with Crippen molar-refractivity contribution in [2.24, 2.45) is 0 Å². The number of nitrogens with zero attached hydrogens (tertiary/aromatic N) is 2. The molecule has 0 saturated carbocycles. The van der Waals surface area contributed by atoms with Crippen LogP contribution in [-0.2, 0) is 33.7 Å². The van der Waals surface area contributed by atoms with Crippen LogP contribution in [0, 0.1) is 5.82 Å². The summed E-state index contributed by atoms with van der Waals surface area (Å²) in [6, 6.07) is 23.0. The van der Waals surface area contributed by atoms with E-state index in [4.69, 9.17) is 14.2 Å². The number of para-hydroxylation sites is 1. The molecule has 42 heavy (non-hydrogen) atoms. The molecule has 0 spiro atoms. The number of rotatable bonds is 11. The monoisotopic (exact) mass is 570 g/mol. The number of aromatic nitrogens is 1. The Bertz CT molecular complexity index is 1560. The zero-order chi connectivity index (χ0) is 28.9. The van der Waals surface area contributed by atoms with Gasteiger partial charge in [0.2, 0.25) is 6.29 Å². The molecule has 2 aliphatic heterocycles. The number of hydrogen-bond donors (Lipinski definition) is 1.